The number of unbranched alkanes of at least 4 members (excludes halogenated alkanes) is 3. The Morgan fingerprint density at radius 3 is 2.43 bits per heavy atom. The Morgan fingerprint density at radius 2 is 1.77 bits per heavy atom. The molecule has 0 saturated heterocycles. The zero-order chi connectivity index (χ0) is 21.2. The molecule has 4 aliphatic rings. The van der Waals surface area contributed by atoms with Crippen LogP contribution in [0, 0.1) is 18.8 Å². The maximum absolute atomic E-state index is 13.0. The minimum Gasteiger partial charge on any atom is -0.450 e. The SMILES string of the molecule is CCCCCCOC(=O)NC12CC3CC(C1)CC(NC(=O)c1cccc(C)n1)(C3)C2. The van der Waals surface area contributed by atoms with Crippen molar-refractivity contribution in [3.05, 3.63) is 29.6 Å². The molecule has 1 aromatic rings. The molecule has 164 valence electrons. The Kier molecular flexibility index (Phi) is 6.03. The van der Waals surface area contributed by atoms with E-state index in [-0.39, 0.29) is 23.1 Å². The summed E-state index contributed by atoms with van der Waals surface area (Å²) < 4.78 is 5.48. The van der Waals surface area contributed by atoms with Crippen LogP contribution in [-0.4, -0.2) is 34.7 Å². The minimum atomic E-state index is -0.296. The molecule has 0 aliphatic heterocycles. The second-order valence-electron chi connectivity index (χ2n) is 9.96. The van der Waals surface area contributed by atoms with E-state index in [9.17, 15) is 9.59 Å². The maximum atomic E-state index is 13.0. The predicted molar refractivity (Wildman–Crippen MR) is 115 cm³/mol. The highest BCUT2D eigenvalue weighted by molar-refractivity contribution is 5.92. The van der Waals surface area contributed by atoms with Gasteiger partial charge in [0, 0.05) is 16.8 Å². The number of hydrogen-bond acceptors (Lipinski definition) is 4. The van der Waals surface area contributed by atoms with E-state index in [1.54, 1.807) is 6.07 Å². The maximum Gasteiger partial charge on any atom is 0.407 e. The molecule has 30 heavy (non-hydrogen) atoms. The summed E-state index contributed by atoms with van der Waals surface area (Å²) in [5, 5.41) is 6.57. The van der Waals surface area contributed by atoms with Crippen molar-refractivity contribution in [2.45, 2.75) is 89.1 Å². The Bertz CT molecular complexity index is 780. The van der Waals surface area contributed by atoms with Crippen molar-refractivity contribution in [1.29, 1.82) is 0 Å². The zero-order valence-corrected chi connectivity index (χ0v) is 18.3. The fourth-order valence-electron chi connectivity index (χ4n) is 6.48. The summed E-state index contributed by atoms with van der Waals surface area (Å²) in [6, 6.07) is 5.54. The molecule has 4 saturated carbocycles. The van der Waals surface area contributed by atoms with Gasteiger partial charge < -0.3 is 15.4 Å². The Morgan fingerprint density at radius 1 is 1.07 bits per heavy atom. The summed E-state index contributed by atoms with van der Waals surface area (Å²) in [4.78, 5) is 29.9. The van der Waals surface area contributed by atoms with Crippen LogP contribution in [0.1, 0.15) is 87.3 Å². The first-order valence-corrected chi connectivity index (χ1v) is 11.6. The van der Waals surface area contributed by atoms with Crippen molar-refractivity contribution >= 4 is 12.0 Å². The summed E-state index contributed by atoms with van der Waals surface area (Å²) in [5.74, 6) is 0.984. The van der Waals surface area contributed by atoms with Crippen LogP contribution in [0.3, 0.4) is 0 Å². The van der Waals surface area contributed by atoms with Crippen LogP contribution < -0.4 is 10.6 Å². The highest BCUT2D eigenvalue weighted by atomic mass is 16.5. The summed E-state index contributed by atoms with van der Waals surface area (Å²) in [6.07, 6.45) is 10.0. The molecule has 5 rings (SSSR count). The van der Waals surface area contributed by atoms with Gasteiger partial charge in [0.05, 0.1) is 6.61 Å². The summed E-state index contributed by atoms with van der Waals surface area (Å²) in [6.45, 7) is 4.55. The molecule has 6 nitrogen and oxygen atoms in total. The Balaban J connectivity index is 1.40. The molecule has 2 atom stereocenters. The smallest absolute Gasteiger partial charge is 0.407 e. The third kappa shape index (κ3) is 4.62. The molecule has 1 heterocycles. The lowest BCUT2D eigenvalue weighted by atomic mass is 9.50. The van der Waals surface area contributed by atoms with Crippen molar-refractivity contribution in [1.82, 2.24) is 15.6 Å². The quantitative estimate of drug-likeness (QED) is 0.614. The van der Waals surface area contributed by atoms with Crippen molar-refractivity contribution < 1.29 is 14.3 Å². The van der Waals surface area contributed by atoms with Gasteiger partial charge in [-0.1, -0.05) is 32.3 Å². The molecule has 1 aromatic heterocycles. The number of nitrogens with one attached hydrogen (secondary N) is 2. The molecule has 2 amide bonds. The van der Waals surface area contributed by atoms with Crippen LogP contribution in [0.4, 0.5) is 4.79 Å². The number of nitrogens with zero attached hydrogens (tertiary/aromatic N) is 1. The monoisotopic (exact) mass is 413 g/mol. The minimum absolute atomic E-state index is 0.102. The van der Waals surface area contributed by atoms with Crippen molar-refractivity contribution in [3.8, 4) is 0 Å². The highest BCUT2D eigenvalue weighted by Crippen LogP contribution is 2.57. The normalized spacial score (nSPS) is 31.4. The number of aromatic nitrogens is 1. The molecule has 2 N–H and O–H groups in total. The van der Waals surface area contributed by atoms with Crippen LogP contribution in [0.15, 0.2) is 18.2 Å². The van der Waals surface area contributed by atoms with Crippen LogP contribution in [0.25, 0.3) is 0 Å². The van der Waals surface area contributed by atoms with Gasteiger partial charge in [-0.25, -0.2) is 9.78 Å². The van der Waals surface area contributed by atoms with E-state index in [0.29, 0.717) is 24.1 Å². The number of carbonyl (C=O) groups excluding carboxylic acids is 2. The number of pyridine rings is 1. The molecule has 0 radical (unpaired) electrons. The first-order valence-electron chi connectivity index (χ1n) is 11.6. The van der Waals surface area contributed by atoms with Gasteiger partial charge in [-0.05, 0) is 75.8 Å². The number of carbonyl (C=O) groups is 2. The van der Waals surface area contributed by atoms with E-state index in [0.717, 1.165) is 50.6 Å². The zero-order valence-electron chi connectivity index (χ0n) is 18.3. The largest absolute Gasteiger partial charge is 0.450 e. The van der Waals surface area contributed by atoms with Crippen LogP contribution >= 0.6 is 0 Å². The molecule has 0 aromatic carbocycles. The molecule has 0 spiro atoms. The van der Waals surface area contributed by atoms with Gasteiger partial charge in [0.15, 0.2) is 0 Å². The van der Waals surface area contributed by atoms with Gasteiger partial charge in [-0.3, -0.25) is 4.79 Å². The summed E-state index contributed by atoms with van der Waals surface area (Å²) in [5.41, 5.74) is 0.811. The lowest BCUT2D eigenvalue weighted by Crippen LogP contribution is -2.70. The van der Waals surface area contributed by atoms with E-state index in [4.69, 9.17) is 4.74 Å². The molecule has 4 bridgehead atoms. The number of ether oxygens (including phenoxy) is 1. The van der Waals surface area contributed by atoms with E-state index < -0.39 is 0 Å². The second-order valence-corrected chi connectivity index (χ2v) is 9.96. The average Bonchev–Trinajstić information content (AvgIpc) is 2.66. The van der Waals surface area contributed by atoms with Gasteiger partial charge in [-0.15, -0.1) is 0 Å². The van der Waals surface area contributed by atoms with Crippen molar-refractivity contribution in [2.24, 2.45) is 11.8 Å². The molecular formula is C24H35N3O3. The van der Waals surface area contributed by atoms with Gasteiger partial charge >= 0.3 is 6.09 Å². The molecule has 4 fully saturated rings. The van der Waals surface area contributed by atoms with Crippen molar-refractivity contribution in [2.75, 3.05) is 6.61 Å². The first-order chi connectivity index (χ1) is 14.4. The molecule has 6 heteroatoms. The number of rotatable bonds is 8. The number of alkyl carbamates (subject to hydrolysis) is 1. The number of hydrogen-bond donors (Lipinski definition) is 2. The van der Waals surface area contributed by atoms with Gasteiger partial charge in [-0.2, -0.15) is 0 Å². The lowest BCUT2D eigenvalue weighted by Gasteiger charge is -2.62. The second kappa shape index (κ2) is 8.56. The fraction of sp³-hybridized carbons (Fsp3) is 0.708. The van der Waals surface area contributed by atoms with Crippen molar-refractivity contribution in [3.63, 3.8) is 0 Å². The predicted octanol–water partition coefficient (Wildman–Crippen LogP) is 4.52. The standard InChI is InChI=1S/C24H35N3O3/c1-3-4-5-6-10-30-22(29)27-24-14-18-11-19(15-24)13-23(12-18,16-24)26-21(28)20-9-7-8-17(2)25-20/h7-9,18-19H,3-6,10-16H2,1-2H3,(H,26,28)(H,27,29). The van der Waals surface area contributed by atoms with E-state index >= 15 is 0 Å². The molecular weight excluding hydrogens is 378 g/mol. The lowest BCUT2D eigenvalue weighted by molar-refractivity contribution is -0.0469. The summed E-state index contributed by atoms with van der Waals surface area (Å²) in [7, 11) is 0. The summed E-state index contributed by atoms with van der Waals surface area (Å²) >= 11 is 0. The van der Waals surface area contributed by atoms with Crippen LogP contribution in [0.2, 0.25) is 0 Å². The van der Waals surface area contributed by atoms with Gasteiger partial charge in [0.1, 0.15) is 5.69 Å². The van der Waals surface area contributed by atoms with Gasteiger partial charge in [0.2, 0.25) is 0 Å². The Labute approximate surface area is 179 Å². The van der Waals surface area contributed by atoms with Crippen LogP contribution in [-0.2, 0) is 4.74 Å². The topological polar surface area (TPSA) is 80.3 Å². The molecule has 4 aliphatic carbocycles. The highest BCUT2D eigenvalue weighted by Gasteiger charge is 2.59. The first kappa shape index (κ1) is 21.1. The van der Waals surface area contributed by atoms with Crippen LogP contribution in [0.5, 0.6) is 0 Å². The Hall–Kier alpha value is -2.11. The average molecular weight is 414 g/mol. The van der Waals surface area contributed by atoms with E-state index in [2.05, 4.69) is 22.5 Å². The van der Waals surface area contributed by atoms with Gasteiger partial charge in [0.25, 0.3) is 5.91 Å². The van der Waals surface area contributed by atoms with E-state index in [1.807, 2.05) is 19.1 Å². The fourth-order valence-corrected chi connectivity index (χ4v) is 6.48. The number of aryl methyl sites for hydroxylation is 1. The third-order valence-electron chi connectivity index (χ3n) is 7.16. The third-order valence-corrected chi connectivity index (χ3v) is 7.16. The number of amides is 2. The molecule has 2 unspecified atom stereocenters. The van der Waals surface area contributed by atoms with E-state index in [1.165, 1.54) is 19.3 Å².